The lowest BCUT2D eigenvalue weighted by Gasteiger charge is -2.20. The number of rotatable bonds is 3. The summed E-state index contributed by atoms with van der Waals surface area (Å²) in [4.78, 5) is 6.68. The van der Waals surface area contributed by atoms with E-state index in [-0.39, 0.29) is 12.4 Å². The van der Waals surface area contributed by atoms with Crippen LogP contribution in [-0.4, -0.2) is 29.0 Å². The van der Waals surface area contributed by atoms with Gasteiger partial charge in [-0.2, -0.15) is 0 Å². The fraction of sp³-hybridized carbons (Fsp3) is 0.583. The molecule has 0 spiro atoms. The number of aromatic nitrogens is 1. The molecule has 2 heterocycles. The Morgan fingerprint density at radius 3 is 2.88 bits per heavy atom. The Balaban J connectivity index is 0.00000144. The van der Waals surface area contributed by atoms with E-state index in [1.54, 1.807) is 0 Å². The highest BCUT2D eigenvalue weighted by atomic mass is 79.9. The molecule has 0 radical (unpaired) electrons. The first kappa shape index (κ1) is 14.9. The van der Waals surface area contributed by atoms with E-state index in [1.807, 2.05) is 12.4 Å². The molecule has 1 aliphatic heterocycles. The molecule has 0 saturated carbocycles. The molecule has 2 unspecified atom stereocenters. The summed E-state index contributed by atoms with van der Waals surface area (Å²) >= 11 is 3.45. The highest BCUT2D eigenvalue weighted by Crippen LogP contribution is 2.24. The van der Waals surface area contributed by atoms with E-state index in [4.69, 9.17) is 5.73 Å². The Bertz CT molecular complexity index is 361. The van der Waals surface area contributed by atoms with Crippen LogP contribution in [0.1, 0.15) is 18.9 Å². The molecule has 2 atom stereocenters. The maximum atomic E-state index is 5.73. The van der Waals surface area contributed by atoms with Crippen LogP contribution in [0, 0.1) is 5.92 Å². The summed E-state index contributed by atoms with van der Waals surface area (Å²) in [6.07, 6.45) is 4.98. The number of hydrogen-bond acceptors (Lipinski definition) is 3. The molecule has 2 N–H and O–H groups in total. The summed E-state index contributed by atoms with van der Waals surface area (Å²) < 4.78 is 1.05. The molecule has 2 rings (SSSR count). The van der Waals surface area contributed by atoms with Crippen molar-refractivity contribution in [3.8, 4) is 0 Å². The Morgan fingerprint density at radius 1 is 1.53 bits per heavy atom. The van der Waals surface area contributed by atoms with Crippen molar-refractivity contribution in [2.75, 3.05) is 13.1 Å². The average Bonchev–Trinajstić information content (AvgIpc) is 2.60. The monoisotopic (exact) mass is 319 g/mol. The predicted octanol–water partition coefficient (Wildman–Crippen LogP) is 2.44. The van der Waals surface area contributed by atoms with Gasteiger partial charge in [-0.3, -0.25) is 9.88 Å². The van der Waals surface area contributed by atoms with Gasteiger partial charge in [-0.15, -0.1) is 12.4 Å². The molecule has 0 bridgehead atoms. The molecule has 96 valence electrons. The van der Waals surface area contributed by atoms with E-state index in [2.05, 4.69) is 38.8 Å². The maximum absolute atomic E-state index is 5.73. The second-order valence-corrected chi connectivity index (χ2v) is 5.54. The van der Waals surface area contributed by atoms with Crippen LogP contribution in [0.3, 0.4) is 0 Å². The van der Waals surface area contributed by atoms with Gasteiger partial charge in [0.05, 0.1) is 0 Å². The molecular weight excluding hydrogens is 302 g/mol. The zero-order valence-electron chi connectivity index (χ0n) is 9.97. The Hall–Kier alpha value is -0.160. The van der Waals surface area contributed by atoms with Crippen molar-refractivity contribution in [1.82, 2.24) is 9.88 Å². The molecule has 0 amide bonds. The van der Waals surface area contributed by atoms with Crippen molar-refractivity contribution in [3.63, 3.8) is 0 Å². The number of hydrogen-bond donors (Lipinski definition) is 1. The van der Waals surface area contributed by atoms with Crippen LogP contribution >= 0.6 is 28.3 Å². The second-order valence-electron chi connectivity index (χ2n) is 4.63. The third-order valence-corrected chi connectivity index (χ3v) is 3.70. The van der Waals surface area contributed by atoms with Gasteiger partial charge in [0.15, 0.2) is 0 Å². The first-order valence-corrected chi connectivity index (χ1v) is 6.52. The largest absolute Gasteiger partial charge is 0.330 e. The number of pyridine rings is 1. The fourth-order valence-electron chi connectivity index (χ4n) is 2.39. The summed E-state index contributed by atoms with van der Waals surface area (Å²) in [5.41, 5.74) is 6.99. The van der Waals surface area contributed by atoms with Gasteiger partial charge >= 0.3 is 0 Å². The molecule has 5 heteroatoms. The number of likely N-dealkylation sites (tertiary alicyclic amines) is 1. The number of nitrogens with two attached hydrogens (primary N) is 1. The Kier molecular flexibility index (Phi) is 5.86. The van der Waals surface area contributed by atoms with Crippen LogP contribution in [0.25, 0.3) is 0 Å². The van der Waals surface area contributed by atoms with E-state index in [0.29, 0.717) is 12.0 Å². The summed E-state index contributed by atoms with van der Waals surface area (Å²) in [6, 6.07) is 2.77. The van der Waals surface area contributed by atoms with Gasteiger partial charge < -0.3 is 5.73 Å². The van der Waals surface area contributed by atoms with Gasteiger partial charge in [0.2, 0.25) is 0 Å². The molecule has 1 aromatic heterocycles. The highest BCUT2D eigenvalue weighted by Gasteiger charge is 2.27. The predicted molar refractivity (Wildman–Crippen MR) is 76.2 cm³/mol. The van der Waals surface area contributed by atoms with Crippen molar-refractivity contribution in [1.29, 1.82) is 0 Å². The maximum Gasteiger partial charge on any atom is 0.0410 e. The third-order valence-electron chi connectivity index (χ3n) is 3.27. The van der Waals surface area contributed by atoms with Crippen molar-refractivity contribution in [2.24, 2.45) is 11.7 Å². The van der Waals surface area contributed by atoms with Gasteiger partial charge in [0.25, 0.3) is 0 Å². The molecule has 1 saturated heterocycles. The zero-order chi connectivity index (χ0) is 11.5. The van der Waals surface area contributed by atoms with Gasteiger partial charge in [-0.1, -0.05) is 0 Å². The molecule has 1 aliphatic rings. The van der Waals surface area contributed by atoms with E-state index in [1.165, 1.54) is 12.0 Å². The minimum atomic E-state index is 0. The van der Waals surface area contributed by atoms with E-state index >= 15 is 0 Å². The lowest BCUT2D eigenvalue weighted by molar-refractivity contribution is 0.255. The second kappa shape index (κ2) is 6.69. The first-order valence-electron chi connectivity index (χ1n) is 5.72. The topological polar surface area (TPSA) is 42.1 Å². The highest BCUT2D eigenvalue weighted by molar-refractivity contribution is 9.10. The fourth-order valence-corrected chi connectivity index (χ4v) is 2.80. The van der Waals surface area contributed by atoms with Crippen LogP contribution < -0.4 is 5.73 Å². The van der Waals surface area contributed by atoms with Crippen LogP contribution in [0.2, 0.25) is 0 Å². The van der Waals surface area contributed by atoms with Crippen LogP contribution in [0.15, 0.2) is 22.9 Å². The lowest BCUT2D eigenvalue weighted by atomic mass is 10.1. The summed E-state index contributed by atoms with van der Waals surface area (Å²) in [6.45, 7) is 5.17. The van der Waals surface area contributed by atoms with Crippen molar-refractivity contribution in [3.05, 3.63) is 28.5 Å². The van der Waals surface area contributed by atoms with Crippen LogP contribution in [0.5, 0.6) is 0 Å². The molecular formula is C12H19BrClN3. The van der Waals surface area contributed by atoms with Gasteiger partial charge in [0, 0.05) is 36.0 Å². The third kappa shape index (κ3) is 3.91. The van der Waals surface area contributed by atoms with Crippen LogP contribution in [0.4, 0.5) is 0 Å². The first-order chi connectivity index (χ1) is 7.69. The quantitative estimate of drug-likeness (QED) is 0.930. The molecule has 1 aromatic rings. The average molecular weight is 321 g/mol. The minimum Gasteiger partial charge on any atom is -0.330 e. The van der Waals surface area contributed by atoms with Gasteiger partial charge in [0.1, 0.15) is 0 Å². The molecule has 0 aromatic carbocycles. The Morgan fingerprint density at radius 2 is 2.29 bits per heavy atom. The smallest absolute Gasteiger partial charge is 0.0410 e. The molecule has 0 aliphatic carbocycles. The molecule has 17 heavy (non-hydrogen) atoms. The standard InChI is InChI=1S/C12H18BrN3.ClH/c1-9-2-10(4-14)7-16(9)8-11-3-12(13)6-15-5-11;/h3,5-6,9-10H,2,4,7-8,14H2,1H3;1H. The van der Waals surface area contributed by atoms with E-state index in [0.717, 1.165) is 24.1 Å². The number of halogens is 2. The van der Waals surface area contributed by atoms with E-state index in [9.17, 15) is 0 Å². The van der Waals surface area contributed by atoms with Crippen molar-refractivity contribution in [2.45, 2.75) is 25.9 Å². The number of nitrogens with zero attached hydrogens (tertiary/aromatic N) is 2. The minimum absolute atomic E-state index is 0. The van der Waals surface area contributed by atoms with E-state index < -0.39 is 0 Å². The molecule has 3 nitrogen and oxygen atoms in total. The van der Waals surface area contributed by atoms with Gasteiger partial charge in [-0.25, -0.2) is 0 Å². The van der Waals surface area contributed by atoms with Crippen molar-refractivity contribution < 1.29 is 0 Å². The van der Waals surface area contributed by atoms with Crippen LogP contribution in [-0.2, 0) is 6.54 Å². The summed E-state index contributed by atoms with van der Waals surface area (Å²) in [5, 5.41) is 0. The SMILES string of the molecule is CC1CC(CN)CN1Cc1cncc(Br)c1.Cl. The summed E-state index contributed by atoms with van der Waals surface area (Å²) in [7, 11) is 0. The van der Waals surface area contributed by atoms with Gasteiger partial charge in [-0.05, 0) is 53.4 Å². The normalized spacial score (nSPS) is 24.6. The molecule has 1 fully saturated rings. The zero-order valence-corrected chi connectivity index (χ0v) is 12.4. The summed E-state index contributed by atoms with van der Waals surface area (Å²) in [5.74, 6) is 0.662. The Labute approximate surface area is 117 Å². The van der Waals surface area contributed by atoms with Crippen molar-refractivity contribution >= 4 is 28.3 Å². The lowest BCUT2D eigenvalue weighted by Crippen LogP contribution is -2.27.